The van der Waals surface area contributed by atoms with E-state index in [-0.39, 0.29) is 48.2 Å². The Bertz CT molecular complexity index is 892. The SMILES string of the molecule is CC(C)(C)CC(C)(C)N1CC=C[C@]23S[C@H]4C=CCOC(=O)[C@H]4[C@H]2C(=O)N(CCCO)C3C1=O. The number of amides is 2. The minimum Gasteiger partial charge on any atom is -0.461 e. The number of aliphatic hydroxyl groups excluding tert-OH is 1. The Morgan fingerprint density at radius 3 is 2.55 bits per heavy atom. The Kier molecular flexibility index (Phi) is 6.23. The van der Waals surface area contributed by atoms with Crippen molar-refractivity contribution in [2.75, 3.05) is 26.3 Å². The van der Waals surface area contributed by atoms with Crippen LogP contribution in [0.1, 0.15) is 47.5 Å². The molecular weight excluding hydrogens is 440 g/mol. The van der Waals surface area contributed by atoms with Crippen LogP contribution in [0.2, 0.25) is 0 Å². The normalized spacial score (nSPS) is 34.1. The van der Waals surface area contributed by atoms with Gasteiger partial charge < -0.3 is 19.6 Å². The molecule has 1 N–H and O–H groups in total. The van der Waals surface area contributed by atoms with Gasteiger partial charge in [0.15, 0.2) is 0 Å². The van der Waals surface area contributed by atoms with Crippen LogP contribution in [-0.4, -0.2) is 80.6 Å². The molecule has 4 rings (SSSR count). The van der Waals surface area contributed by atoms with Gasteiger partial charge in [-0.25, -0.2) is 0 Å². The molecule has 1 spiro atoms. The zero-order valence-electron chi connectivity index (χ0n) is 20.2. The summed E-state index contributed by atoms with van der Waals surface area (Å²) in [6, 6.07) is -0.710. The lowest BCUT2D eigenvalue weighted by Crippen LogP contribution is -2.58. The number of aliphatic hydroxyl groups is 1. The van der Waals surface area contributed by atoms with E-state index >= 15 is 0 Å². The van der Waals surface area contributed by atoms with Crippen molar-refractivity contribution in [1.82, 2.24) is 9.80 Å². The van der Waals surface area contributed by atoms with Crippen LogP contribution in [0, 0.1) is 17.3 Å². The van der Waals surface area contributed by atoms with Gasteiger partial charge in [-0.05, 0) is 32.1 Å². The Morgan fingerprint density at radius 1 is 1.15 bits per heavy atom. The summed E-state index contributed by atoms with van der Waals surface area (Å²) in [5.74, 6) is -1.91. The average molecular weight is 477 g/mol. The molecule has 0 radical (unpaired) electrons. The Morgan fingerprint density at radius 2 is 1.88 bits per heavy atom. The second-order valence-electron chi connectivity index (χ2n) is 11.4. The van der Waals surface area contributed by atoms with Crippen molar-refractivity contribution in [3.63, 3.8) is 0 Å². The number of carbonyl (C=O) groups excluding carboxylic acids is 3. The highest BCUT2D eigenvalue weighted by Gasteiger charge is 2.71. The third-order valence-corrected chi connectivity index (χ3v) is 8.91. The highest BCUT2D eigenvalue weighted by atomic mass is 32.2. The quantitative estimate of drug-likeness (QED) is 0.484. The van der Waals surface area contributed by atoms with E-state index in [9.17, 15) is 19.5 Å². The van der Waals surface area contributed by atoms with Gasteiger partial charge in [0.05, 0.1) is 16.6 Å². The fourth-order valence-electron chi connectivity index (χ4n) is 6.39. The van der Waals surface area contributed by atoms with Crippen molar-refractivity contribution >= 4 is 29.5 Å². The molecular formula is C25H36N2O5S. The van der Waals surface area contributed by atoms with Gasteiger partial charge in [-0.2, -0.15) is 0 Å². The van der Waals surface area contributed by atoms with Crippen molar-refractivity contribution < 1.29 is 24.2 Å². The van der Waals surface area contributed by atoms with Crippen LogP contribution in [0.3, 0.4) is 0 Å². The Balaban J connectivity index is 1.79. The minimum absolute atomic E-state index is 0.0198. The predicted octanol–water partition coefficient (Wildman–Crippen LogP) is 2.39. The molecule has 4 heterocycles. The van der Waals surface area contributed by atoms with Crippen molar-refractivity contribution in [3.05, 3.63) is 24.3 Å². The van der Waals surface area contributed by atoms with Gasteiger partial charge in [-0.1, -0.05) is 45.1 Å². The number of likely N-dealkylation sites (tertiary alicyclic amines) is 1. The average Bonchev–Trinajstić information content (AvgIpc) is 2.98. The molecule has 2 amide bonds. The summed E-state index contributed by atoms with van der Waals surface area (Å²) in [6.45, 7) is 11.5. The number of fused-ring (bicyclic) bond motifs is 2. The number of nitrogens with zero attached hydrogens (tertiary/aromatic N) is 2. The van der Waals surface area contributed by atoms with Gasteiger partial charge in [0.2, 0.25) is 11.8 Å². The van der Waals surface area contributed by atoms with E-state index in [0.29, 0.717) is 13.0 Å². The third-order valence-electron chi connectivity index (χ3n) is 7.16. The fraction of sp³-hybridized carbons (Fsp3) is 0.720. The van der Waals surface area contributed by atoms with Gasteiger partial charge in [0, 0.05) is 30.5 Å². The molecule has 182 valence electrons. The predicted molar refractivity (Wildman–Crippen MR) is 127 cm³/mol. The summed E-state index contributed by atoms with van der Waals surface area (Å²) in [4.78, 5) is 44.5. The van der Waals surface area contributed by atoms with Gasteiger partial charge in [-0.3, -0.25) is 14.4 Å². The number of hydrogen-bond donors (Lipinski definition) is 1. The summed E-state index contributed by atoms with van der Waals surface area (Å²) in [7, 11) is 0. The van der Waals surface area contributed by atoms with E-state index in [2.05, 4.69) is 34.6 Å². The molecule has 7 nitrogen and oxygen atoms in total. The van der Waals surface area contributed by atoms with Crippen molar-refractivity contribution in [1.29, 1.82) is 0 Å². The molecule has 0 aromatic rings. The third kappa shape index (κ3) is 4.03. The zero-order valence-corrected chi connectivity index (χ0v) is 21.1. The number of cyclic esters (lactones) is 1. The lowest BCUT2D eigenvalue weighted by Gasteiger charge is -2.44. The van der Waals surface area contributed by atoms with Crippen molar-refractivity contribution in [2.24, 2.45) is 17.3 Å². The maximum Gasteiger partial charge on any atom is 0.311 e. The monoisotopic (exact) mass is 476 g/mol. The Hall–Kier alpha value is -1.80. The number of ether oxygens (including phenoxy) is 1. The first kappa shape index (κ1) is 24.3. The first-order valence-electron chi connectivity index (χ1n) is 11.8. The summed E-state index contributed by atoms with van der Waals surface area (Å²) in [5, 5.41) is 9.27. The molecule has 0 aliphatic carbocycles. The maximum absolute atomic E-state index is 14.3. The van der Waals surface area contributed by atoms with E-state index in [1.54, 1.807) is 16.7 Å². The second-order valence-corrected chi connectivity index (χ2v) is 12.9. The summed E-state index contributed by atoms with van der Waals surface area (Å²) < 4.78 is 4.56. The van der Waals surface area contributed by atoms with Crippen LogP contribution in [-0.2, 0) is 19.1 Å². The fourth-order valence-corrected chi connectivity index (χ4v) is 8.39. The van der Waals surface area contributed by atoms with E-state index in [0.717, 1.165) is 6.42 Å². The molecule has 0 saturated carbocycles. The molecule has 1 unspecified atom stereocenters. The highest BCUT2D eigenvalue weighted by Crippen LogP contribution is 2.61. The Labute approximate surface area is 200 Å². The van der Waals surface area contributed by atoms with Crippen molar-refractivity contribution in [3.8, 4) is 0 Å². The van der Waals surface area contributed by atoms with E-state index < -0.39 is 28.2 Å². The number of thioether (sulfide) groups is 1. The smallest absolute Gasteiger partial charge is 0.311 e. The van der Waals surface area contributed by atoms with E-state index in [4.69, 9.17) is 4.74 Å². The van der Waals surface area contributed by atoms with Gasteiger partial charge >= 0.3 is 5.97 Å². The van der Waals surface area contributed by atoms with Crippen LogP contribution in [0.5, 0.6) is 0 Å². The lowest BCUT2D eigenvalue weighted by atomic mass is 9.78. The van der Waals surface area contributed by atoms with Crippen LogP contribution in [0.4, 0.5) is 0 Å². The van der Waals surface area contributed by atoms with Gasteiger partial charge in [-0.15, -0.1) is 11.8 Å². The van der Waals surface area contributed by atoms with Crippen LogP contribution >= 0.6 is 11.8 Å². The van der Waals surface area contributed by atoms with Crippen LogP contribution in [0.25, 0.3) is 0 Å². The molecule has 5 atom stereocenters. The van der Waals surface area contributed by atoms with Crippen molar-refractivity contribution in [2.45, 2.75) is 69.0 Å². The first-order valence-corrected chi connectivity index (χ1v) is 12.7. The number of rotatable bonds is 5. The lowest BCUT2D eigenvalue weighted by molar-refractivity contribution is -0.151. The summed E-state index contributed by atoms with van der Waals surface area (Å²) in [6.07, 6.45) is 9.00. The zero-order chi connectivity index (χ0) is 24.2. The minimum atomic E-state index is -0.827. The number of esters is 1. The molecule has 4 aliphatic rings. The van der Waals surface area contributed by atoms with Crippen LogP contribution in [0.15, 0.2) is 24.3 Å². The molecule has 0 aromatic heterocycles. The summed E-state index contributed by atoms with van der Waals surface area (Å²) >= 11 is 1.55. The molecule has 8 heteroatoms. The molecule has 0 aromatic carbocycles. The summed E-state index contributed by atoms with van der Waals surface area (Å²) in [5.41, 5.74) is -0.396. The topological polar surface area (TPSA) is 87.2 Å². The molecule has 2 saturated heterocycles. The van der Waals surface area contributed by atoms with E-state index in [1.165, 1.54) is 0 Å². The molecule has 33 heavy (non-hydrogen) atoms. The van der Waals surface area contributed by atoms with Crippen LogP contribution < -0.4 is 0 Å². The molecule has 2 fully saturated rings. The number of carbonyl (C=O) groups is 3. The highest BCUT2D eigenvalue weighted by molar-refractivity contribution is 8.02. The largest absolute Gasteiger partial charge is 0.461 e. The number of hydrogen-bond acceptors (Lipinski definition) is 6. The molecule has 4 aliphatic heterocycles. The van der Waals surface area contributed by atoms with E-state index in [1.807, 2.05) is 29.2 Å². The maximum atomic E-state index is 14.3. The second kappa shape index (κ2) is 8.45. The van der Waals surface area contributed by atoms with Gasteiger partial charge in [0.1, 0.15) is 12.6 Å². The standard InChI is InChI=1S/C25H36N2O5S/c1-23(2,3)15-24(4,5)27-12-7-10-25-18(17-16(33-25)9-6-14-32-22(17)31)20(29)26(11-8-13-28)19(25)21(27)30/h6-7,9-10,16-19,28H,8,11-15H2,1-5H3/t16-,17+,18-,19?,25-/m0/s1. The molecule has 0 bridgehead atoms. The first-order chi connectivity index (χ1) is 15.4. The van der Waals surface area contributed by atoms with Gasteiger partial charge in [0.25, 0.3) is 0 Å².